The van der Waals surface area contributed by atoms with Crippen LogP contribution in [0.15, 0.2) is 59.6 Å². The number of rotatable bonds is 5. The molecule has 3 aromatic rings. The highest BCUT2D eigenvalue weighted by atomic mass is 32.1. The van der Waals surface area contributed by atoms with Gasteiger partial charge in [0.05, 0.1) is 10.9 Å². The molecule has 2 N–H and O–H groups in total. The maximum Gasteiger partial charge on any atom is 0.327 e. The molecule has 1 aliphatic heterocycles. The lowest BCUT2D eigenvalue weighted by Gasteiger charge is -2.15. The van der Waals surface area contributed by atoms with Gasteiger partial charge in [0.2, 0.25) is 5.88 Å². The molecule has 1 atom stereocenters. The van der Waals surface area contributed by atoms with Gasteiger partial charge in [-0.1, -0.05) is 48.5 Å². The fraction of sp³-hybridized carbons (Fsp3) is 0.100. The summed E-state index contributed by atoms with van der Waals surface area (Å²) in [5.74, 6) is -1.92. The number of carboxylic acid groups (broad SMARTS) is 1. The van der Waals surface area contributed by atoms with Crippen molar-refractivity contribution in [2.75, 3.05) is 0 Å². The molecular weight excluding hydrogens is 396 g/mol. The van der Waals surface area contributed by atoms with E-state index in [-0.39, 0.29) is 26.7 Å². The van der Waals surface area contributed by atoms with Crippen LogP contribution in [0.25, 0.3) is 5.57 Å². The number of carboxylic acids is 1. The zero-order chi connectivity index (χ0) is 19.8. The number of amides is 1. The lowest BCUT2D eigenvalue weighted by molar-refractivity contribution is -0.141. The van der Waals surface area contributed by atoms with Gasteiger partial charge in [0, 0.05) is 11.6 Å². The number of benzene rings is 2. The normalized spacial score (nSPS) is 13.9. The lowest BCUT2D eigenvalue weighted by atomic mass is 10.1. The van der Waals surface area contributed by atoms with Crippen molar-refractivity contribution in [1.29, 1.82) is 0 Å². The van der Waals surface area contributed by atoms with Gasteiger partial charge in [0.1, 0.15) is 10.9 Å². The first-order valence-electron chi connectivity index (χ1n) is 8.41. The largest absolute Gasteiger partial charge is 0.493 e. The molecule has 0 unspecified atom stereocenters. The number of aromatic nitrogens is 1. The Kier molecular flexibility index (Phi) is 4.66. The van der Waals surface area contributed by atoms with E-state index in [4.69, 9.17) is 12.2 Å². The Morgan fingerprint density at radius 1 is 1.14 bits per heavy atom. The number of carbonyl (C=O) groups is 2. The highest BCUT2D eigenvalue weighted by molar-refractivity contribution is 7.73. The molecule has 0 aliphatic carbocycles. The van der Waals surface area contributed by atoms with Gasteiger partial charge >= 0.3 is 5.97 Å². The molecular formula is C20H14N2O4S2. The Balaban J connectivity index is 1.87. The molecule has 0 bridgehead atoms. The number of aliphatic carboxylic acids is 1. The van der Waals surface area contributed by atoms with E-state index < -0.39 is 17.9 Å². The Morgan fingerprint density at radius 2 is 1.82 bits per heavy atom. The number of nitrogens with zero attached hydrogens (tertiary/aromatic N) is 2. The van der Waals surface area contributed by atoms with Crippen LogP contribution in [-0.4, -0.2) is 26.7 Å². The summed E-state index contributed by atoms with van der Waals surface area (Å²) in [5.41, 5.74) is 1.04. The number of hydrogen-bond donors (Lipinski definition) is 2. The first kappa shape index (κ1) is 18.3. The van der Waals surface area contributed by atoms with Crippen LogP contribution < -0.4 is 10.6 Å². The zero-order valence-corrected chi connectivity index (χ0v) is 16.0. The third-order valence-electron chi connectivity index (χ3n) is 4.52. The average molecular weight is 410 g/mol. The summed E-state index contributed by atoms with van der Waals surface area (Å²) >= 11 is 6.36. The Bertz CT molecular complexity index is 1280. The topological polar surface area (TPSA) is 91.9 Å². The molecule has 0 spiro atoms. The molecule has 0 radical (unpaired) electrons. The summed E-state index contributed by atoms with van der Waals surface area (Å²) in [4.78, 5) is 28.6. The second-order valence-electron chi connectivity index (χ2n) is 6.24. The molecule has 1 aromatic heterocycles. The predicted octanol–water partition coefficient (Wildman–Crippen LogP) is 2.21. The van der Waals surface area contributed by atoms with Crippen molar-refractivity contribution in [3.05, 3.63) is 79.6 Å². The van der Waals surface area contributed by atoms with Crippen molar-refractivity contribution in [2.24, 2.45) is 4.99 Å². The fourth-order valence-corrected chi connectivity index (χ4v) is 4.66. The molecule has 4 rings (SSSR count). The number of hydrogen-bond acceptors (Lipinski definition) is 5. The molecule has 0 fully saturated rings. The van der Waals surface area contributed by atoms with E-state index in [1.807, 2.05) is 30.3 Å². The number of carbonyl (C=O) groups excluding carboxylic acids is 1. The minimum absolute atomic E-state index is 0.151. The summed E-state index contributed by atoms with van der Waals surface area (Å²) in [6.07, 6.45) is 0.151. The third-order valence-corrected chi connectivity index (χ3v) is 5.93. The summed E-state index contributed by atoms with van der Waals surface area (Å²) < 4.78 is 1.38. The van der Waals surface area contributed by atoms with Crippen molar-refractivity contribution in [3.63, 3.8) is 0 Å². The third kappa shape index (κ3) is 3.06. The molecule has 2 heterocycles. The Labute approximate surface area is 168 Å². The molecule has 0 saturated heterocycles. The fourth-order valence-electron chi connectivity index (χ4n) is 3.22. The molecule has 1 aliphatic rings. The van der Waals surface area contributed by atoms with Crippen LogP contribution in [0.5, 0.6) is 5.88 Å². The molecule has 6 nitrogen and oxygen atoms in total. The van der Waals surface area contributed by atoms with Crippen LogP contribution in [0.4, 0.5) is 0 Å². The number of fused-ring (bicyclic) bond motifs is 1. The second kappa shape index (κ2) is 7.14. The predicted molar refractivity (Wildman–Crippen MR) is 106 cm³/mol. The maximum atomic E-state index is 12.4. The van der Waals surface area contributed by atoms with Gasteiger partial charge in [-0.3, -0.25) is 9.36 Å². The van der Waals surface area contributed by atoms with E-state index in [9.17, 15) is 19.8 Å². The summed E-state index contributed by atoms with van der Waals surface area (Å²) in [5, 5.41) is 21.7. The van der Waals surface area contributed by atoms with Crippen molar-refractivity contribution in [3.8, 4) is 5.88 Å². The molecule has 8 heteroatoms. The molecule has 28 heavy (non-hydrogen) atoms. The van der Waals surface area contributed by atoms with Crippen LogP contribution in [0, 0.1) is 3.95 Å². The van der Waals surface area contributed by atoms with Gasteiger partial charge in [-0.2, -0.15) is 0 Å². The lowest BCUT2D eigenvalue weighted by Crippen LogP contribution is -2.23. The molecule has 2 aromatic carbocycles. The molecule has 1 amide bonds. The van der Waals surface area contributed by atoms with Gasteiger partial charge in [0.25, 0.3) is 5.91 Å². The van der Waals surface area contributed by atoms with Gasteiger partial charge in [-0.25, -0.2) is 9.79 Å². The monoisotopic (exact) mass is 410 g/mol. The first-order valence-corrected chi connectivity index (χ1v) is 9.63. The van der Waals surface area contributed by atoms with Gasteiger partial charge < -0.3 is 10.2 Å². The molecule has 0 saturated carbocycles. The van der Waals surface area contributed by atoms with E-state index in [0.29, 0.717) is 10.6 Å². The Morgan fingerprint density at radius 3 is 2.54 bits per heavy atom. The van der Waals surface area contributed by atoms with Crippen LogP contribution >= 0.6 is 23.6 Å². The van der Waals surface area contributed by atoms with Crippen LogP contribution in [0.2, 0.25) is 0 Å². The second-order valence-corrected chi connectivity index (χ2v) is 7.89. The van der Waals surface area contributed by atoms with E-state index in [2.05, 4.69) is 4.99 Å². The smallest absolute Gasteiger partial charge is 0.327 e. The van der Waals surface area contributed by atoms with Crippen molar-refractivity contribution < 1.29 is 19.8 Å². The standard InChI is InChI=1S/C20H14N2O4S2/c23-17-15(12-8-4-5-9-13(12)21-17)16-18(24)22(20(27)28-16)14(19(25)26)10-11-6-2-1-3-7-11/h1-9,14,24H,10H2,(H,25,26)/t14-/m1/s1. The van der Waals surface area contributed by atoms with Crippen LogP contribution in [0.3, 0.4) is 0 Å². The number of aromatic hydroxyl groups is 1. The van der Waals surface area contributed by atoms with Crippen molar-refractivity contribution in [1.82, 2.24) is 4.57 Å². The highest BCUT2D eigenvalue weighted by Gasteiger charge is 2.30. The van der Waals surface area contributed by atoms with Crippen molar-refractivity contribution >= 4 is 41.0 Å². The number of thiazole rings is 1. The van der Waals surface area contributed by atoms with Gasteiger partial charge in [-0.15, -0.1) is 11.3 Å². The average Bonchev–Trinajstić information content (AvgIpc) is 3.15. The van der Waals surface area contributed by atoms with Crippen molar-refractivity contribution in [2.45, 2.75) is 12.5 Å². The minimum atomic E-state index is -1.12. The van der Waals surface area contributed by atoms with Crippen LogP contribution in [-0.2, 0) is 16.0 Å². The summed E-state index contributed by atoms with van der Waals surface area (Å²) in [7, 11) is 0. The van der Waals surface area contributed by atoms with E-state index in [1.54, 1.807) is 24.3 Å². The molecule has 140 valence electrons. The summed E-state index contributed by atoms with van der Waals surface area (Å²) in [6, 6.07) is 15.0. The minimum Gasteiger partial charge on any atom is -0.493 e. The summed E-state index contributed by atoms with van der Waals surface area (Å²) in [6.45, 7) is 0. The zero-order valence-electron chi connectivity index (χ0n) is 14.4. The van der Waals surface area contributed by atoms with Gasteiger partial charge in [-0.05, 0) is 23.8 Å². The van der Waals surface area contributed by atoms with Gasteiger partial charge in [0.15, 0.2) is 3.95 Å². The maximum absolute atomic E-state index is 12.4. The first-order chi connectivity index (χ1) is 13.5. The SMILES string of the molecule is O=C1N=c2ccccc2=C1c1sc(=S)n([C@H](Cc2ccccc2)C(=O)O)c1O. The van der Waals surface area contributed by atoms with E-state index in [1.165, 1.54) is 4.57 Å². The van der Waals surface area contributed by atoms with E-state index in [0.717, 1.165) is 16.9 Å². The quantitative estimate of drug-likeness (QED) is 0.630. The van der Waals surface area contributed by atoms with Crippen LogP contribution in [0.1, 0.15) is 16.5 Å². The highest BCUT2D eigenvalue weighted by Crippen LogP contribution is 2.35. The van der Waals surface area contributed by atoms with E-state index >= 15 is 0 Å². The number of para-hydroxylation sites is 1. The Hall–Kier alpha value is -3.10.